The van der Waals surface area contributed by atoms with Crippen LogP contribution in [0.25, 0.3) is 0 Å². The first-order valence-corrected chi connectivity index (χ1v) is 10.5. The summed E-state index contributed by atoms with van der Waals surface area (Å²) in [5.41, 5.74) is 1.72. The first-order chi connectivity index (χ1) is 14.1. The fourth-order valence-corrected chi connectivity index (χ4v) is 4.96. The summed E-state index contributed by atoms with van der Waals surface area (Å²) >= 11 is 6.18. The van der Waals surface area contributed by atoms with Crippen LogP contribution in [0.4, 0.5) is 0 Å². The molecule has 2 aromatic carbocycles. The number of methoxy groups -OCH3 is 2. The van der Waals surface area contributed by atoms with Crippen molar-refractivity contribution in [3.05, 3.63) is 58.6 Å². The van der Waals surface area contributed by atoms with Gasteiger partial charge in [-0.3, -0.25) is 9.69 Å². The zero-order valence-electron chi connectivity index (χ0n) is 16.9. The zero-order chi connectivity index (χ0) is 20.4. The van der Waals surface area contributed by atoms with Gasteiger partial charge >= 0.3 is 0 Å². The van der Waals surface area contributed by atoms with Crippen LogP contribution in [0.2, 0.25) is 5.02 Å². The summed E-state index contributed by atoms with van der Waals surface area (Å²) in [6.45, 7) is 0.855. The van der Waals surface area contributed by atoms with Gasteiger partial charge in [0.05, 0.1) is 24.8 Å². The van der Waals surface area contributed by atoms with Gasteiger partial charge in [0.15, 0.2) is 0 Å². The van der Waals surface area contributed by atoms with Crippen molar-refractivity contribution in [1.82, 2.24) is 10.2 Å². The highest BCUT2D eigenvalue weighted by Gasteiger charge is 2.41. The molecule has 5 nitrogen and oxygen atoms in total. The van der Waals surface area contributed by atoms with E-state index in [9.17, 15) is 4.79 Å². The van der Waals surface area contributed by atoms with Gasteiger partial charge < -0.3 is 14.8 Å². The molecule has 2 heterocycles. The highest BCUT2D eigenvalue weighted by atomic mass is 35.5. The van der Waals surface area contributed by atoms with Crippen LogP contribution in [0.1, 0.15) is 41.6 Å². The molecular weight excluding hydrogens is 388 g/mol. The predicted molar refractivity (Wildman–Crippen MR) is 114 cm³/mol. The second kappa shape index (κ2) is 8.64. The molecule has 6 heteroatoms. The van der Waals surface area contributed by atoms with Gasteiger partial charge in [-0.15, -0.1) is 0 Å². The van der Waals surface area contributed by atoms with Crippen LogP contribution >= 0.6 is 11.6 Å². The maximum atomic E-state index is 12.6. The normalized spacial score (nSPS) is 23.6. The zero-order valence-corrected chi connectivity index (χ0v) is 17.6. The van der Waals surface area contributed by atoms with E-state index in [2.05, 4.69) is 16.3 Å². The molecule has 2 aromatic rings. The Balaban J connectivity index is 1.42. The number of fused-ring (bicyclic) bond motifs is 2. The van der Waals surface area contributed by atoms with E-state index in [0.717, 1.165) is 30.9 Å². The number of nitrogens with one attached hydrogen (secondary N) is 1. The molecule has 0 radical (unpaired) electrons. The SMILES string of the molecule is COc1ccc(CN2C3CCC2CC(NC(=O)c2ccccc2Cl)C3)c(OC)c1. The molecule has 2 unspecified atom stereocenters. The van der Waals surface area contributed by atoms with Crippen LogP contribution in [-0.2, 0) is 6.54 Å². The molecular formula is C23H27ClN2O3. The second-order valence-corrected chi connectivity index (χ2v) is 8.26. The first-order valence-electron chi connectivity index (χ1n) is 10.1. The molecule has 2 aliphatic rings. The van der Waals surface area contributed by atoms with Crippen LogP contribution in [-0.4, -0.2) is 43.2 Å². The molecule has 154 valence electrons. The number of hydrogen-bond donors (Lipinski definition) is 1. The molecule has 1 amide bonds. The predicted octanol–water partition coefficient (Wildman–Crippen LogP) is 4.28. The number of hydrogen-bond acceptors (Lipinski definition) is 4. The minimum atomic E-state index is -0.0785. The fourth-order valence-electron chi connectivity index (χ4n) is 4.74. The average molecular weight is 415 g/mol. The molecule has 1 N–H and O–H groups in total. The number of carbonyl (C=O) groups excluding carboxylic acids is 1. The minimum Gasteiger partial charge on any atom is -0.497 e. The number of nitrogens with zero attached hydrogens (tertiary/aromatic N) is 1. The Morgan fingerprint density at radius 3 is 2.48 bits per heavy atom. The van der Waals surface area contributed by atoms with Crippen LogP contribution in [0.15, 0.2) is 42.5 Å². The Morgan fingerprint density at radius 1 is 1.10 bits per heavy atom. The molecule has 2 bridgehead atoms. The van der Waals surface area contributed by atoms with E-state index in [0.29, 0.717) is 22.7 Å². The molecule has 2 atom stereocenters. The van der Waals surface area contributed by atoms with Gasteiger partial charge in [-0.2, -0.15) is 0 Å². The van der Waals surface area contributed by atoms with Crippen molar-refractivity contribution in [2.45, 2.75) is 50.4 Å². The third kappa shape index (κ3) is 4.21. The van der Waals surface area contributed by atoms with Gasteiger partial charge in [-0.25, -0.2) is 0 Å². The fraction of sp³-hybridized carbons (Fsp3) is 0.435. The number of halogens is 1. The third-order valence-corrected chi connectivity index (χ3v) is 6.51. The Kier molecular flexibility index (Phi) is 5.97. The van der Waals surface area contributed by atoms with Gasteiger partial charge in [-0.05, 0) is 43.9 Å². The van der Waals surface area contributed by atoms with Crippen molar-refractivity contribution in [1.29, 1.82) is 0 Å². The van der Waals surface area contributed by atoms with Crippen molar-refractivity contribution < 1.29 is 14.3 Å². The van der Waals surface area contributed by atoms with Crippen molar-refractivity contribution in [3.63, 3.8) is 0 Å². The first kappa shape index (κ1) is 20.0. The molecule has 2 fully saturated rings. The van der Waals surface area contributed by atoms with E-state index in [-0.39, 0.29) is 11.9 Å². The van der Waals surface area contributed by atoms with E-state index < -0.39 is 0 Å². The van der Waals surface area contributed by atoms with E-state index in [4.69, 9.17) is 21.1 Å². The number of rotatable bonds is 6. The Hall–Kier alpha value is -2.24. The van der Waals surface area contributed by atoms with Crippen molar-refractivity contribution in [3.8, 4) is 11.5 Å². The highest BCUT2D eigenvalue weighted by molar-refractivity contribution is 6.33. The molecule has 29 heavy (non-hydrogen) atoms. The van der Waals surface area contributed by atoms with Gasteiger partial charge in [-0.1, -0.05) is 29.8 Å². The van der Waals surface area contributed by atoms with Gasteiger partial charge in [0.25, 0.3) is 5.91 Å². The van der Waals surface area contributed by atoms with Gasteiger partial charge in [0.1, 0.15) is 11.5 Å². The van der Waals surface area contributed by atoms with Crippen LogP contribution in [0.3, 0.4) is 0 Å². The number of amides is 1. The quantitative estimate of drug-likeness (QED) is 0.766. The molecule has 2 aliphatic heterocycles. The second-order valence-electron chi connectivity index (χ2n) is 7.86. The van der Waals surface area contributed by atoms with E-state index in [1.807, 2.05) is 24.3 Å². The summed E-state index contributed by atoms with van der Waals surface area (Å²) in [4.78, 5) is 15.2. The van der Waals surface area contributed by atoms with E-state index >= 15 is 0 Å². The van der Waals surface area contributed by atoms with Crippen molar-refractivity contribution in [2.24, 2.45) is 0 Å². The summed E-state index contributed by atoms with van der Waals surface area (Å²) in [6, 6.07) is 14.3. The lowest BCUT2D eigenvalue weighted by molar-refractivity contribution is 0.0826. The Bertz CT molecular complexity index is 874. The lowest BCUT2D eigenvalue weighted by Crippen LogP contribution is -2.50. The summed E-state index contributed by atoms with van der Waals surface area (Å²) < 4.78 is 10.9. The third-order valence-electron chi connectivity index (χ3n) is 6.19. The molecule has 0 aromatic heterocycles. The van der Waals surface area contributed by atoms with Gasteiger partial charge in [0.2, 0.25) is 0 Å². The van der Waals surface area contributed by atoms with Crippen LogP contribution in [0, 0.1) is 0 Å². The van der Waals surface area contributed by atoms with Crippen LogP contribution < -0.4 is 14.8 Å². The molecule has 0 spiro atoms. The highest BCUT2D eigenvalue weighted by Crippen LogP contribution is 2.38. The lowest BCUT2D eigenvalue weighted by Gasteiger charge is -2.39. The summed E-state index contributed by atoms with van der Waals surface area (Å²) in [6.07, 6.45) is 4.26. The molecule has 0 saturated carbocycles. The standard InChI is InChI=1S/C23H27ClN2O3/c1-28-19-10-7-15(22(13-19)29-2)14-26-17-8-9-18(26)12-16(11-17)25-23(27)20-5-3-4-6-21(20)24/h3-7,10,13,16-18H,8-9,11-12,14H2,1-2H3,(H,25,27). The topological polar surface area (TPSA) is 50.8 Å². The summed E-state index contributed by atoms with van der Waals surface area (Å²) in [7, 11) is 3.36. The lowest BCUT2D eigenvalue weighted by atomic mass is 9.96. The molecule has 4 rings (SSSR count). The number of ether oxygens (including phenoxy) is 2. The Labute approximate surface area is 176 Å². The van der Waals surface area contributed by atoms with Gasteiger partial charge in [0, 0.05) is 36.3 Å². The monoisotopic (exact) mass is 414 g/mol. The van der Waals surface area contributed by atoms with E-state index in [1.165, 1.54) is 18.4 Å². The maximum Gasteiger partial charge on any atom is 0.253 e. The number of piperidine rings is 1. The van der Waals surface area contributed by atoms with Crippen LogP contribution in [0.5, 0.6) is 11.5 Å². The molecule has 2 saturated heterocycles. The largest absolute Gasteiger partial charge is 0.497 e. The summed E-state index contributed by atoms with van der Waals surface area (Å²) in [5, 5.41) is 3.70. The Morgan fingerprint density at radius 2 is 1.83 bits per heavy atom. The van der Waals surface area contributed by atoms with Crippen molar-refractivity contribution in [2.75, 3.05) is 14.2 Å². The minimum absolute atomic E-state index is 0.0785. The number of carbonyl (C=O) groups is 1. The van der Waals surface area contributed by atoms with E-state index in [1.54, 1.807) is 26.4 Å². The maximum absolute atomic E-state index is 12.6. The molecule has 0 aliphatic carbocycles. The summed E-state index contributed by atoms with van der Waals surface area (Å²) in [5.74, 6) is 1.58. The number of benzene rings is 2. The smallest absolute Gasteiger partial charge is 0.253 e. The van der Waals surface area contributed by atoms with Crippen molar-refractivity contribution >= 4 is 17.5 Å². The average Bonchev–Trinajstić information content (AvgIpc) is 2.96.